The molecule has 1 aliphatic heterocycles. The number of nitrogens with one attached hydrogen (secondary N) is 1. The highest BCUT2D eigenvalue weighted by Gasteiger charge is 2.43. The molecule has 172 valence electrons. The molecule has 1 heterocycles. The van der Waals surface area contributed by atoms with Gasteiger partial charge in [0.05, 0.1) is 24.8 Å². The number of methoxy groups -OCH3 is 1. The van der Waals surface area contributed by atoms with Gasteiger partial charge < -0.3 is 15.0 Å². The van der Waals surface area contributed by atoms with E-state index < -0.39 is 12.0 Å². The lowest BCUT2D eigenvalue weighted by Crippen LogP contribution is -2.46. The number of hydrogen-bond donors (Lipinski definition) is 1. The molecule has 2 amide bonds. The van der Waals surface area contributed by atoms with E-state index in [0.717, 1.165) is 16.2 Å². The van der Waals surface area contributed by atoms with E-state index in [-0.39, 0.29) is 18.2 Å². The lowest BCUT2D eigenvalue weighted by molar-refractivity contribution is -0.122. The van der Waals surface area contributed by atoms with Gasteiger partial charge in [0.1, 0.15) is 6.04 Å². The van der Waals surface area contributed by atoms with Gasteiger partial charge in [-0.3, -0.25) is 9.59 Å². The Morgan fingerprint density at radius 3 is 2.24 bits per heavy atom. The number of imide groups is 1. The van der Waals surface area contributed by atoms with E-state index >= 15 is 0 Å². The Morgan fingerprint density at radius 1 is 1.00 bits per heavy atom. The summed E-state index contributed by atoms with van der Waals surface area (Å²) in [7, 11) is 1.29. The van der Waals surface area contributed by atoms with Crippen LogP contribution in [0.5, 0.6) is 0 Å². The predicted octanol–water partition coefficient (Wildman–Crippen LogP) is 4.00. The van der Waals surface area contributed by atoms with Crippen molar-refractivity contribution in [2.24, 2.45) is 0 Å². The van der Waals surface area contributed by atoms with Crippen LogP contribution >= 0.6 is 12.2 Å². The fraction of sp³-hybridized carbons (Fsp3) is 0.154. The summed E-state index contributed by atoms with van der Waals surface area (Å²) < 4.78 is 4.71. The maximum Gasteiger partial charge on any atom is 0.337 e. The van der Waals surface area contributed by atoms with Crippen LogP contribution in [0.3, 0.4) is 0 Å². The van der Waals surface area contributed by atoms with Crippen molar-refractivity contribution in [3.63, 3.8) is 0 Å². The van der Waals surface area contributed by atoms with Crippen molar-refractivity contribution in [2.75, 3.05) is 17.3 Å². The molecule has 0 bridgehead atoms. The van der Waals surface area contributed by atoms with Crippen LogP contribution in [0.1, 0.15) is 22.3 Å². The molecule has 0 unspecified atom stereocenters. The Balaban J connectivity index is 1.60. The minimum absolute atomic E-state index is 0.0129. The maximum absolute atomic E-state index is 13.5. The van der Waals surface area contributed by atoms with Gasteiger partial charge >= 0.3 is 5.97 Å². The standard InChI is InChI=1S/C26H23N3O4S/c1-33-25(32)19-12-14-21(15-13-19)29-23(30)16-22(24(29)31)28(17-18-8-4-2-5-9-18)26(34)27-20-10-6-3-7-11-20/h2-15,22H,16-17H2,1H3,(H,27,34)/t22-/m1/s1. The summed E-state index contributed by atoms with van der Waals surface area (Å²) in [6.07, 6.45) is -0.0129. The van der Waals surface area contributed by atoms with E-state index in [9.17, 15) is 14.4 Å². The average molecular weight is 474 g/mol. The van der Waals surface area contributed by atoms with E-state index in [1.807, 2.05) is 60.7 Å². The maximum atomic E-state index is 13.5. The predicted molar refractivity (Wildman–Crippen MR) is 133 cm³/mol. The van der Waals surface area contributed by atoms with Crippen molar-refractivity contribution >= 4 is 46.5 Å². The fourth-order valence-corrected chi connectivity index (χ4v) is 4.13. The number of ether oxygens (including phenoxy) is 1. The Bertz CT molecular complexity index is 1200. The zero-order valence-electron chi connectivity index (χ0n) is 18.5. The third-order valence-corrected chi connectivity index (χ3v) is 5.86. The first kappa shape index (κ1) is 23.1. The van der Waals surface area contributed by atoms with Gasteiger partial charge in [-0.1, -0.05) is 48.5 Å². The number of anilines is 2. The molecule has 1 N–H and O–H groups in total. The molecular formula is C26H23N3O4S. The lowest BCUT2D eigenvalue weighted by Gasteiger charge is -2.30. The summed E-state index contributed by atoms with van der Waals surface area (Å²) in [6, 6.07) is 24.5. The van der Waals surface area contributed by atoms with Gasteiger partial charge in [-0.25, -0.2) is 9.69 Å². The van der Waals surface area contributed by atoms with Crippen LogP contribution in [0.25, 0.3) is 0 Å². The molecule has 0 spiro atoms. The number of nitrogens with zero attached hydrogens (tertiary/aromatic N) is 2. The van der Waals surface area contributed by atoms with Gasteiger partial charge in [0.25, 0.3) is 5.91 Å². The van der Waals surface area contributed by atoms with Gasteiger partial charge in [0, 0.05) is 12.2 Å². The average Bonchev–Trinajstić information content (AvgIpc) is 3.16. The van der Waals surface area contributed by atoms with E-state index in [1.54, 1.807) is 17.0 Å². The largest absolute Gasteiger partial charge is 0.465 e. The number of hydrogen-bond acceptors (Lipinski definition) is 5. The number of carbonyl (C=O) groups is 3. The fourth-order valence-electron chi connectivity index (χ4n) is 3.82. The minimum atomic E-state index is -0.767. The summed E-state index contributed by atoms with van der Waals surface area (Å²) in [5.41, 5.74) is 2.48. The van der Waals surface area contributed by atoms with Crippen LogP contribution in [0, 0.1) is 0 Å². The third-order valence-electron chi connectivity index (χ3n) is 5.53. The highest BCUT2D eigenvalue weighted by atomic mass is 32.1. The number of benzene rings is 3. The molecule has 0 saturated carbocycles. The molecule has 0 aromatic heterocycles. The molecule has 1 saturated heterocycles. The van der Waals surface area contributed by atoms with Gasteiger partial charge in [-0.15, -0.1) is 0 Å². The summed E-state index contributed by atoms with van der Waals surface area (Å²) in [5, 5.41) is 3.53. The number of carbonyl (C=O) groups excluding carboxylic acids is 3. The molecular weight excluding hydrogens is 450 g/mol. The van der Waals surface area contributed by atoms with Crippen LogP contribution in [0.15, 0.2) is 84.9 Å². The SMILES string of the molecule is COC(=O)c1ccc(N2C(=O)C[C@@H](N(Cc3ccccc3)C(=S)Nc3ccccc3)C2=O)cc1. The topological polar surface area (TPSA) is 79.0 Å². The first-order valence-electron chi connectivity index (χ1n) is 10.7. The first-order valence-corrected chi connectivity index (χ1v) is 11.1. The number of thiocarbonyl (C=S) groups is 1. The van der Waals surface area contributed by atoms with Gasteiger partial charge in [0.2, 0.25) is 5.91 Å². The summed E-state index contributed by atoms with van der Waals surface area (Å²) in [5.74, 6) is -1.19. The van der Waals surface area contributed by atoms with E-state index in [1.165, 1.54) is 19.2 Å². The second kappa shape index (κ2) is 10.3. The van der Waals surface area contributed by atoms with Crippen molar-refractivity contribution in [2.45, 2.75) is 19.0 Å². The molecule has 1 fully saturated rings. The smallest absolute Gasteiger partial charge is 0.337 e. The number of rotatable bonds is 6. The van der Waals surface area contributed by atoms with Gasteiger partial charge in [0.15, 0.2) is 5.11 Å². The second-order valence-corrected chi connectivity index (χ2v) is 8.12. The van der Waals surface area contributed by atoms with E-state index in [2.05, 4.69) is 5.32 Å². The van der Waals surface area contributed by atoms with E-state index in [0.29, 0.717) is 22.9 Å². The first-order chi connectivity index (χ1) is 16.5. The van der Waals surface area contributed by atoms with Crippen LogP contribution < -0.4 is 10.2 Å². The molecule has 1 atom stereocenters. The third kappa shape index (κ3) is 4.97. The molecule has 0 radical (unpaired) electrons. The zero-order valence-corrected chi connectivity index (χ0v) is 19.3. The van der Waals surface area contributed by atoms with Crippen molar-refractivity contribution in [3.05, 3.63) is 96.1 Å². The number of esters is 1. The molecule has 3 aromatic carbocycles. The molecule has 7 nitrogen and oxygen atoms in total. The highest BCUT2D eigenvalue weighted by molar-refractivity contribution is 7.80. The zero-order chi connectivity index (χ0) is 24.1. The molecule has 1 aliphatic rings. The van der Waals surface area contributed by atoms with Crippen molar-refractivity contribution in [1.82, 2.24) is 4.90 Å². The minimum Gasteiger partial charge on any atom is -0.465 e. The molecule has 34 heavy (non-hydrogen) atoms. The van der Waals surface area contributed by atoms with E-state index in [4.69, 9.17) is 17.0 Å². The Labute approximate surface area is 202 Å². The van der Waals surface area contributed by atoms with Gasteiger partial charge in [-0.05, 0) is 54.2 Å². The Hall–Kier alpha value is -4.04. The monoisotopic (exact) mass is 473 g/mol. The van der Waals surface area contributed by atoms with Crippen molar-refractivity contribution < 1.29 is 19.1 Å². The molecule has 4 rings (SSSR count). The van der Waals surface area contributed by atoms with Crippen molar-refractivity contribution in [1.29, 1.82) is 0 Å². The number of amides is 2. The molecule has 0 aliphatic carbocycles. The van der Waals surface area contributed by atoms with Crippen LogP contribution in [0.4, 0.5) is 11.4 Å². The lowest BCUT2D eigenvalue weighted by atomic mass is 10.1. The van der Waals surface area contributed by atoms with Crippen LogP contribution in [-0.2, 0) is 20.9 Å². The Morgan fingerprint density at radius 2 is 1.62 bits per heavy atom. The van der Waals surface area contributed by atoms with Crippen LogP contribution in [-0.4, -0.2) is 40.9 Å². The molecule has 8 heteroatoms. The molecule has 3 aromatic rings. The summed E-state index contributed by atoms with van der Waals surface area (Å²) >= 11 is 5.68. The van der Waals surface area contributed by atoms with Crippen LogP contribution in [0.2, 0.25) is 0 Å². The summed E-state index contributed by atoms with van der Waals surface area (Å²) in [4.78, 5) is 41.0. The van der Waals surface area contributed by atoms with Gasteiger partial charge in [-0.2, -0.15) is 0 Å². The highest BCUT2D eigenvalue weighted by Crippen LogP contribution is 2.28. The quantitative estimate of drug-likeness (QED) is 0.329. The normalized spacial score (nSPS) is 15.2. The second-order valence-electron chi connectivity index (χ2n) is 7.74. The number of para-hydroxylation sites is 1. The Kier molecular flexibility index (Phi) is 6.98. The van der Waals surface area contributed by atoms with Crippen molar-refractivity contribution in [3.8, 4) is 0 Å². The summed E-state index contributed by atoms with van der Waals surface area (Å²) in [6.45, 7) is 0.359.